The molecular formula is C10H16N4O3. The second-order valence-corrected chi connectivity index (χ2v) is 4.24. The van der Waals surface area contributed by atoms with Gasteiger partial charge in [0.05, 0.1) is 0 Å². The minimum atomic E-state index is -0.588. The largest absolute Gasteiger partial charge is 0.322 e. The van der Waals surface area contributed by atoms with Crippen LogP contribution in [0.15, 0.2) is 0 Å². The molecule has 1 atom stereocenters. The average Bonchev–Trinajstić information content (AvgIpc) is 2.34. The SMILES string of the molecule is CC1C(=O)NC(=O)CN1C(=O)N1CCNCC1. The van der Waals surface area contributed by atoms with Gasteiger partial charge in [-0.15, -0.1) is 0 Å². The van der Waals surface area contributed by atoms with Gasteiger partial charge < -0.3 is 15.1 Å². The maximum absolute atomic E-state index is 12.1. The molecule has 2 N–H and O–H groups in total. The number of carbonyl (C=O) groups excluding carboxylic acids is 3. The van der Waals surface area contributed by atoms with Crippen molar-refractivity contribution in [2.24, 2.45) is 0 Å². The van der Waals surface area contributed by atoms with Gasteiger partial charge in [0.2, 0.25) is 11.8 Å². The van der Waals surface area contributed by atoms with E-state index in [-0.39, 0.29) is 12.6 Å². The van der Waals surface area contributed by atoms with Gasteiger partial charge in [0.1, 0.15) is 12.6 Å². The quantitative estimate of drug-likeness (QED) is 0.497. The van der Waals surface area contributed by atoms with Gasteiger partial charge in [0.25, 0.3) is 0 Å². The van der Waals surface area contributed by atoms with Gasteiger partial charge in [-0.05, 0) is 6.92 Å². The van der Waals surface area contributed by atoms with Gasteiger partial charge in [-0.25, -0.2) is 4.79 Å². The Balaban J connectivity index is 2.06. The summed E-state index contributed by atoms with van der Waals surface area (Å²) in [6.07, 6.45) is 0. The Labute approximate surface area is 99.1 Å². The maximum Gasteiger partial charge on any atom is 0.321 e. The van der Waals surface area contributed by atoms with Crippen molar-refractivity contribution in [3.05, 3.63) is 0 Å². The lowest BCUT2D eigenvalue weighted by atomic mass is 10.2. The van der Waals surface area contributed by atoms with Crippen LogP contribution in [0.2, 0.25) is 0 Å². The van der Waals surface area contributed by atoms with Crippen molar-refractivity contribution in [3.63, 3.8) is 0 Å². The van der Waals surface area contributed by atoms with E-state index in [1.165, 1.54) is 4.90 Å². The van der Waals surface area contributed by atoms with Crippen molar-refractivity contribution < 1.29 is 14.4 Å². The summed E-state index contributed by atoms with van der Waals surface area (Å²) in [7, 11) is 0. The van der Waals surface area contributed by atoms with Gasteiger partial charge in [0, 0.05) is 26.2 Å². The molecular weight excluding hydrogens is 224 g/mol. The third-order valence-corrected chi connectivity index (χ3v) is 3.06. The van der Waals surface area contributed by atoms with Crippen LogP contribution in [0.4, 0.5) is 4.79 Å². The number of imide groups is 1. The van der Waals surface area contributed by atoms with Crippen LogP contribution in [-0.2, 0) is 9.59 Å². The fourth-order valence-corrected chi connectivity index (χ4v) is 1.99. The van der Waals surface area contributed by atoms with Gasteiger partial charge in [0.15, 0.2) is 0 Å². The summed E-state index contributed by atoms with van der Waals surface area (Å²) in [5, 5.41) is 5.36. The van der Waals surface area contributed by atoms with E-state index in [0.717, 1.165) is 13.1 Å². The molecule has 2 fully saturated rings. The number of hydrogen-bond donors (Lipinski definition) is 2. The zero-order valence-electron chi connectivity index (χ0n) is 9.73. The molecule has 0 bridgehead atoms. The molecule has 0 saturated carbocycles. The van der Waals surface area contributed by atoms with Crippen LogP contribution in [0.25, 0.3) is 0 Å². The number of amides is 4. The summed E-state index contributed by atoms with van der Waals surface area (Å²) in [5.41, 5.74) is 0. The normalized spacial score (nSPS) is 25.8. The number of nitrogens with zero attached hydrogens (tertiary/aromatic N) is 2. The predicted octanol–water partition coefficient (Wildman–Crippen LogP) is -1.64. The van der Waals surface area contributed by atoms with E-state index < -0.39 is 17.9 Å². The molecule has 94 valence electrons. The number of rotatable bonds is 0. The second-order valence-electron chi connectivity index (χ2n) is 4.24. The summed E-state index contributed by atoms with van der Waals surface area (Å²) < 4.78 is 0. The number of hydrogen-bond acceptors (Lipinski definition) is 4. The van der Waals surface area contributed by atoms with Crippen molar-refractivity contribution in [3.8, 4) is 0 Å². The Kier molecular flexibility index (Phi) is 3.28. The fourth-order valence-electron chi connectivity index (χ4n) is 1.99. The molecule has 0 spiro atoms. The van der Waals surface area contributed by atoms with Crippen LogP contribution in [0.1, 0.15) is 6.92 Å². The van der Waals surface area contributed by atoms with Gasteiger partial charge >= 0.3 is 6.03 Å². The lowest BCUT2D eigenvalue weighted by Gasteiger charge is -2.37. The third kappa shape index (κ3) is 2.38. The minimum Gasteiger partial charge on any atom is -0.322 e. The lowest BCUT2D eigenvalue weighted by Crippen LogP contribution is -2.62. The van der Waals surface area contributed by atoms with E-state index in [1.807, 2.05) is 0 Å². The molecule has 7 heteroatoms. The monoisotopic (exact) mass is 240 g/mol. The standard InChI is InChI=1S/C10H16N4O3/c1-7-9(16)12-8(15)6-14(7)10(17)13-4-2-11-3-5-13/h7,11H,2-6H2,1H3,(H,12,15,16). The molecule has 4 amide bonds. The fraction of sp³-hybridized carbons (Fsp3) is 0.700. The first kappa shape index (κ1) is 11.8. The Hall–Kier alpha value is -1.63. The molecule has 7 nitrogen and oxygen atoms in total. The van der Waals surface area contributed by atoms with Crippen molar-refractivity contribution in [1.82, 2.24) is 20.4 Å². The summed E-state index contributed by atoms with van der Waals surface area (Å²) in [6, 6.07) is -0.822. The third-order valence-electron chi connectivity index (χ3n) is 3.06. The molecule has 2 heterocycles. The molecule has 2 aliphatic heterocycles. The molecule has 2 rings (SSSR count). The molecule has 1 unspecified atom stereocenters. The zero-order chi connectivity index (χ0) is 12.4. The predicted molar refractivity (Wildman–Crippen MR) is 59.2 cm³/mol. The van der Waals surface area contributed by atoms with Crippen LogP contribution < -0.4 is 10.6 Å². The van der Waals surface area contributed by atoms with Crippen LogP contribution in [0.5, 0.6) is 0 Å². The number of piperazine rings is 2. The van der Waals surface area contributed by atoms with E-state index in [1.54, 1.807) is 11.8 Å². The lowest BCUT2D eigenvalue weighted by molar-refractivity contribution is -0.138. The zero-order valence-corrected chi connectivity index (χ0v) is 9.73. The number of urea groups is 1. The summed E-state index contributed by atoms with van der Waals surface area (Å²) in [6.45, 7) is 4.29. The molecule has 0 aliphatic carbocycles. The Bertz CT molecular complexity index is 351. The van der Waals surface area contributed by atoms with E-state index >= 15 is 0 Å². The van der Waals surface area contributed by atoms with Crippen LogP contribution in [-0.4, -0.2) is 66.4 Å². The second kappa shape index (κ2) is 4.70. The van der Waals surface area contributed by atoms with E-state index in [9.17, 15) is 14.4 Å². The summed E-state index contributed by atoms with van der Waals surface area (Å²) in [5.74, 6) is -0.832. The maximum atomic E-state index is 12.1. The minimum absolute atomic E-state index is 0.0460. The number of carbonyl (C=O) groups is 3. The Morgan fingerprint density at radius 2 is 1.94 bits per heavy atom. The highest BCUT2D eigenvalue weighted by Gasteiger charge is 2.35. The molecule has 0 aromatic rings. The smallest absolute Gasteiger partial charge is 0.321 e. The van der Waals surface area contributed by atoms with E-state index in [4.69, 9.17) is 0 Å². The van der Waals surface area contributed by atoms with Crippen molar-refractivity contribution in [2.75, 3.05) is 32.7 Å². The van der Waals surface area contributed by atoms with E-state index in [0.29, 0.717) is 13.1 Å². The summed E-state index contributed by atoms with van der Waals surface area (Å²) >= 11 is 0. The first-order chi connectivity index (χ1) is 8.09. The van der Waals surface area contributed by atoms with E-state index in [2.05, 4.69) is 10.6 Å². The van der Waals surface area contributed by atoms with Gasteiger partial charge in [-0.1, -0.05) is 0 Å². The van der Waals surface area contributed by atoms with Crippen molar-refractivity contribution in [1.29, 1.82) is 0 Å². The van der Waals surface area contributed by atoms with Crippen molar-refractivity contribution >= 4 is 17.8 Å². The van der Waals surface area contributed by atoms with Crippen LogP contribution in [0, 0.1) is 0 Å². The molecule has 0 radical (unpaired) electrons. The van der Waals surface area contributed by atoms with Crippen LogP contribution in [0.3, 0.4) is 0 Å². The highest BCUT2D eigenvalue weighted by Crippen LogP contribution is 2.09. The number of nitrogens with one attached hydrogen (secondary N) is 2. The molecule has 0 aromatic carbocycles. The summed E-state index contributed by atoms with van der Waals surface area (Å²) in [4.78, 5) is 37.8. The topological polar surface area (TPSA) is 81.8 Å². The Morgan fingerprint density at radius 3 is 2.59 bits per heavy atom. The molecule has 2 saturated heterocycles. The first-order valence-electron chi connectivity index (χ1n) is 5.69. The average molecular weight is 240 g/mol. The highest BCUT2D eigenvalue weighted by molar-refractivity contribution is 6.03. The van der Waals surface area contributed by atoms with Gasteiger partial charge in [-0.3, -0.25) is 14.9 Å². The van der Waals surface area contributed by atoms with Gasteiger partial charge in [-0.2, -0.15) is 0 Å². The van der Waals surface area contributed by atoms with Crippen LogP contribution >= 0.6 is 0 Å². The molecule has 17 heavy (non-hydrogen) atoms. The highest BCUT2D eigenvalue weighted by atomic mass is 16.2. The van der Waals surface area contributed by atoms with Crippen molar-refractivity contribution in [2.45, 2.75) is 13.0 Å². The molecule has 2 aliphatic rings. The first-order valence-corrected chi connectivity index (χ1v) is 5.69. The molecule has 0 aromatic heterocycles. The Morgan fingerprint density at radius 1 is 1.29 bits per heavy atom.